The first-order valence-electron chi connectivity index (χ1n) is 7.10. The lowest BCUT2D eigenvalue weighted by Crippen LogP contribution is -2.38. The monoisotopic (exact) mass is 240 g/mol. The highest BCUT2D eigenvalue weighted by Crippen LogP contribution is 2.28. The molecule has 0 spiro atoms. The van der Waals surface area contributed by atoms with Gasteiger partial charge in [0, 0.05) is 19.0 Å². The van der Waals surface area contributed by atoms with Gasteiger partial charge >= 0.3 is 0 Å². The van der Waals surface area contributed by atoms with Crippen molar-refractivity contribution in [2.75, 3.05) is 6.54 Å². The van der Waals surface area contributed by atoms with Crippen molar-refractivity contribution in [3.05, 3.63) is 0 Å². The quantitative estimate of drug-likeness (QED) is 0.718. The molecule has 0 aromatic heterocycles. The normalized spacial score (nSPS) is 18.6. The maximum absolute atomic E-state index is 11.6. The minimum Gasteiger partial charge on any atom is -0.355 e. The molecule has 3 N–H and O–H groups in total. The molecule has 100 valence electrons. The first kappa shape index (κ1) is 14.5. The van der Waals surface area contributed by atoms with Gasteiger partial charge < -0.3 is 11.1 Å². The third-order valence-corrected chi connectivity index (χ3v) is 3.59. The Morgan fingerprint density at radius 3 is 2.59 bits per heavy atom. The van der Waals surface area contributed by atoms with Gasteiger partial charge in [-0.15, -0.1) is 0 Å². The van der Waals surface area contributed by atoms with Crippen LogP contribution in [-0.4, -0.2) is 18.5 Å². The number of nitrogens with two attached hydrogens (primary N) is 1. The smallest absolute Gasteiger partial charge is 0.220 e. The van der Waals surface area contributed by atoms with Gasteiger partial charge in [-0.1, -0.05) is 39.5 Å². The molecule has 0 aromatic rings. The average molecular weight is 240 g/mol. The Kier molecular flexibility index (Phi) is 6.56. The fourth-order valence-corrected chi connectivity index (χ4v) is 2.66. The molecule has 3 heteroatoms. The predicted molar refractivity (Wildman–Crippen MR) is 71.6 cm³/mol. The molecule has 1 aliphatic carbocycles. The topological polar surface area (TPSA) is 55.1 Å². The van der Waals surface area contributed by atoms with Crippen LogP contribution in [0.2, 0.25) is 0 Å². The van der Waals surface area contributed by atoms with Crippen molar-refractivity contribution in [2.24, 2.45) is 17.6 Å². The molecule has 17 heavy (non-hydrogen) atoms. The number of carbonyl (C=O) groups is 1. The largest absolute Gasteiger partial charge is 0.355 e. The van der Waals surface area contributed by atoms with Crippen LogP contribution in [-0.2, 0) is 4.79 Å². The fourth-order valence-electron chi connectivity index (χ4n) is 2.66. The van der Waals surface area contributed by atoms with Gasteiger partial charge in [0.25, 0.3) is 0 Å². The number of hydrogen-bond donors (Lipinski definition) is 2. The van der Waals surface area contributed by atoms with Gasteiger partial charge in [-0.25, -0.2) is 0 Å². The molecule has 1 fully saturated rings. The summed E-state index contributed by atoms with van der Waals surface area (Å²) in [5, 5.41) is 2.95. The molecule has 1 rings (SSSR count). The number of rotatable bonds is 7. The highest BCUT2D eigenvalue weighted by atomic mass is 16.1. The van der Waals surface area contributed by atoms with Crippen LogP contribution in [0, 0.1) is 11.8 Å². The van der Waals surface area contributed by atoms with E-state index in [1.165, 1.54) is 25.7 Å². The molecule has 1 saturated carbocycles. The van der Waals surface area contributed by atoms with Crippen molar-refractivity contribution >= 4 is 5.91 Å². The van der Waals surface area contributed by atoms with E-state index in [9.17, 15) is 4.79 Å². The van der Waals surface area contributed by atoms with Crippen molar-refractivity contribution in [3.63, 3.8) is 0 Å². The summed E-state index contributed by atoms with van der Waals surface area (Å²) in [7, 11) is 0. The lowest BCUT2D eigenvalue weighted by atomic mass is 10.0. The van der Waals surface area contributed by atoms with E-state index in [2.05, 4.69) is 19.2 Å². The lowest BCUT2D eigenvalue weighted by Gasteiger charge is -2.15. The molecule has 0 radical (unpaired) electrons. The van der Waals surface area contributed by atoms with Crippen LogP contribution in [0.15, 0.2) is 0 Å². The molecule has 1 unspecified atom stereocenters. The van der Waals surface area contributed by atoms with Crippen LogP contribution in [0.1, 0.15) is 58.8 Å². The second-order valence-corrected chi connectivity index (χ2v) is 5.88. The van der Waals surface area contributed by atoms with Crippen LogP contribution in [0.4, 0.5) is 0 Å². The van der Waals surface area contributed by atoms with Crippen LogP contribution in [0.3, 0.4) is 0 Å². The minimum absolute atomic E-state index is 0.102. The summed E-state index contributed by atoms with van der Waals surface area (Å²) in [4.78, 5) is 11.6. The zero-order valence-electron chi connectivity index (χ0n) is 11.4. The number of nitrogens with one attached hydrogen (secondary N) is 1. The Balaban J connectivity index is 2.04. The summed E-state index contributed by atoms with van der Waals surface area (Å²) in [5.74, 6) is 1.57. The maximum Gasteiger partial charge on any atom is 0.220 e. The van der Waals surface area contributed by atoms with E-state index >= 15 is 0 Å². The lowest BCUT2D eigenvalue weighted by molar-refractivity contribution is -0.121. The van der Waals surface area contributed by atoms with Gasteiger partial charge in [0.1, 0.15) is 0 Å². The van der Waals surface area contributed by atoms with Gasteiger partial charge in [0.05, 0.1) is 0 Å². The molecule has 0 aliphatic heterocycles. The van der Waals surface area contributed by atoms with E-state index in [-0.39, 0.29) is 11.9 Å². The zero-order chi connectivity index (χ0) is 12.7. The molecule has 3 nitrogen and oxygen atoms in total. The molecule has 1 atom stereocenters. The summed E-state index contributed by atoms with van der Waals surface area (Å²) >= 11 is 0. The van der Waals surface area contributed by atoms with Crippen molar-refractivity contribution in [2.45, 2.75) is 64.8 Å². The summed E-state index contributed by atoms with van der Waals surface area (Å²) in [6.45, 7) is 4.94. The van der Waals surface area contributed by atoms with Gasteiger partial charge in [-0.3, -0.25) is 4.79 Å². The van der Waals surface area contributed by atoms with Crippen molar-refractivity contribution < 1.29 is 4.79 Å². The molecule has 0 aromatic carbocycles. The maximum atomic E-state index is 11.6. The molecular formula is C14H28N2O. The Morgan fingerprint density at radius 2 is 2.00 bits per heavy atom. The fraction of sp³-hybridized carbons (Fsp3) is 0.929. The Labute approximate surface area is 106 Å². The highest BCUT2D eigenvalue weighted by Gasteiger charge is 2.16. The standard InChI is InChI=1S/C14H28N2O/c1-11(2)9-13(15)10-16-14(17)8-7-12-5-3-4-6-12/h11-13H,3-10,15H2,1-2H3,(H,16,17). The zero-order valence-corrected chi connectivity index (χ0v) is 11.4. The predicted octanol–water partition coefficient (Wildman–Crippen LogP) is 2.45. The van der Waals surface area contributed by atoms with Crippen LogP contribution in [0.5, 0.6) is 0 Å². The first-order valence-corrected chi connectivity index (χ1v) is 7.10. The van der Waals surface area contributed by atoms with Crippen molar-refractivity contribution in [1.82, 2.24) is 5.32 Å². The molecule has 0 heterocycles. The van der Waals surface area contributed by atoms with Gasteiger partial charge in [-0.05, 0) is 24.7 Å². The number of hydrogen-bond acceptors (Lipinski definition) is 2. The number of amides is 1. The summed E-state index contributed by atoms with van der Waals surface area (Å²) < 4.78 is 0. The Hall–Kier alpha value is -0.570. The third kappa shape index (κ3) is 6.67. The Morgan fingerprint density at radius 1 is 1.35 bits per heavy atom. The number of carbonyl (C=O) groups excluding carboxylic acids is 1. The van der Waals surface area contributed by atoms with Crippen LogP contribution in [0.25, 0.3) is 0 Å². The van der Waals surface area contributed by atoms with Gasteiger partial charge in [-0.2, -0.15) is 0 Å². The highest BCUT2D eigenvalue weighted by molar-refractivity contribution is 5.75. The SMILES string of the molecule is CC(C)CC(N)CNC(=O)CCC1CCCC1. The molecule has 0 saturated heterocycles. The van der Waals surface area contributed by atoms with E-state index in [1.807, 2.05) is 0 Å². The molecule has 1 amide bonds. The van der Waals surface area contributed by atoms with Gasteiger partial charge in [0.15, 0.2) is 0 Å². The molecule has 0 bridgehead atoms. The Bertz CT molecular complexity index is 222. The molecular weight excluding hydrogens is 212 g/mol. The van der Waals surface area contributed by atoms with Crippen LogP contribution < -0.4 is 11.1 Å². The van der Waals surface area contributed by atoms with E-state index in [4.69, 9.17) is 5.73 Å². The van der Waals surface area contributed by atoms with E-state index in [0.717, 1.165) is 18.8 Å². The summed E-state index contributed by atoms with van der Waals surface area (Å²) in [6, 6.07) is 0.102. The summed E-state index contributed by atoms with van der Waals surface area (Å²) in [5.41, 5.74) is 5.93. The second-order valence-electron chi connectivity index (χ2n) is 5.88. The van der Waals surface area contributed by atoms with E-state index < -0.39 is 0 Å². The van der Waals surface area contributed by atoms with Gasteiger partial charge in [0.2, 0.25) is 5.91 Å². The second kappa shape index (κ2) is 7.70. The van der Waals surface area contributed by atoms with E-state index in [1.54, 1.807) is 0 Å². The minimum atomic E-state index is 0.102. The molecule has 1 aliphatic rings. The van der Waals surface area contributed by atoms with Crippen molar-refractivity contribution in [1.29, 1.82) is 0 Å². The van der Waals surface area contributed by atoms with E-state index in [0.29, 0.717) is 18.9 Å². The summed E-state index contributed by atoms with van der Waals surface area (Å²) in [6.07, 6.45) is 8.06. The van der Waals surface area contributed by atoms with Crippen molar-refractivity contribution in [3.8, 4) is 0 Å². The average Bonchev–Trinajstić information content (AvgIpc) is 2.75. The third-order valence-electron chi connectivity index (χ3n) is 3.59. The first-order chi connectivity index (χ1) is 8.08. The van der Waals surface area contributed by atoms with Crippen LogP contribution >= 0.6 is 0 Å².